The number of fused-ring (bicyclic) bond motifs is 2. The number of aromatic nitrogens is 3. The Labute approximate surface area is 106 Å². The van der Waals surface area contributed by atoms with Gasteiger partial charge >= 0.3 is 6.03 Å². The fourth-order valence-corrected chi connectivity index (χ4v) is 3.33. The van der Waals surface area contributed by atoms with Crippen molar-refractivity contribution in [3.63, 3.8) is 0 Å². The maximum atomic E-state index is 12.0. The number of amides is 2. The number of carbonyl (C=O) groups is 1. The number of urea groups is 1. The molecule has 2 bridgehead atoms. The van der Waals surface area contributed by atoms with Gasteiger partial charge < -0.3 is 10.2 Å². The Morgan fingerprint density at radius 3 is 2.39 bits per heavy atom. The van der Waals surface area contributed by atoms with E-state index >= 15 is 0 Å². The first-order valence-electron chi connectivity index (χ1n) is 6.71. The maximum Gasteiger partial charge on any atom is 0.317 e. The van der Waals surface area contributed by atoms with E-state index in [2.05, 4.69) is 15.5 Å². The highest BCUT2D eigenvalue weighted by atomic mass is 16.2. The van der Waals surface area contributed by atoms with E-state index < -0.39 is 0 Å². The van der Waals surface area contributed by atoms with Crippen LogP contribution in [0, 0.1) is 0 Å². The van der Waals surface area contributed by atoms with Crippen molar-refractivity contribution in [2.75, 3.05) is 6.54 Å². The third kappa shape index (κ3) is 1.85. The number of rotatable bonds is 2. The first-order valence-corrected chi connectivity index (χ1v) is 6.71. The predicted molar refractivity (Wildman–Crippen MR) is 66.0 cm³/mol. The molecule has 3 rings (SSSR count). The quantitative estimate of drug-likeness (QED) is 0.856. The molecular formula is C12H19N5O. The van der Waals surface area contributed by atoms with E-state index in [1.54, 1.807) is 17.2 Å². The van der Waals surface area contributed by atoms with Gasteiger partial charge in [-0.05, 0) is 32.6 Å². The summed E-state index contributed by atoms with van der Waals surface area (Å²) >= 11 is 0. The molecule has 6 nitrogen and oxygen atoms in total. The van der Waals surface area contributed by atoms with Crippen LogP contribution in [0.15, 0.2) is 12.4 Å². The van der Waals surface area contributed by atoms with Crippen molar-refractivity contribution in [1.82, 2.24) is 25.2 Å². The molecule has 3 heterocycles. The molecule has 2 unspecified atom stereocenters. The second-order valence-corrected chi connectivity index (χ2v) is 5.10. The van der Waals surface area contributed by atoms with Crippen molar-refractivity contribution < 1.29 is 4.79 Å². The molecule has 2 amide bonds. The van der Waals surface area contributed by atoms with Gasteiger partial charge in [0.25, 0.3) is 0 Å². The molecule has 0 saturated carbocycles. The van der Waals surface area contributed by atoms with E-state index in [9.17, 15) is 4.79 Å². The molecule has 1 N–H and O–H groups in total. The maximum absolute atomic E-state index is 12.0. The van der Waals surface area contributed by atoms with Gasteiger partial charge in [-0.1, -0.05) is 0 Å². The zero-order valence-electron chi connectivity index (χ0n) is 10.6. The Bertz CT molecular complexity index is 404. The second kappa shape index (κ2) is 4.59. The van der Waals surface area contributed by atoms with Crippen LogP contribution < -0.4 is 5.32 Å². The smallest absolute Gasteiger partial charge is 0.317 e. The zero-order chi connectivity index (χ0) is 12.5. The Morgan fingerprint density at radius 1 is 1.22 bits per heavy atom. The Morgan fingerprint density at radius 2 is 1.83 bits per heavy atom. The molecule has 0 radical (unpaired) electrons. The summed E-state index contributed by atoms with van der Waals surface area (Å²) in [7, 11) is 0. The number of nitrogens with one attached hydrogen (secondary N) is 1. The van der Waals surface area contributed by atoms with Crippen molar-refractivity contribution in [2.24, 2.45) is 0 Å². The first kappa shape index (κ1) is 11.5. The van der Waals surface area contributed by atoms with Crippen LogP contribution in [0.2, 0.25) is 0 Å². The monoisotopic (exact) mass is 249 g/mol. The van der Waals surface area contributed by atoms with Gasteiger partial charge in [0.2, 0.25) is 0 Å². The van der Waals surface area contributed by atoms with Crippen LogP contribution in [-0.2, 0) is 0 Å². The molecule has 2 aliphatic heterocycles. The summed E-state index contributed by atoms with van der Waals surface area (Å²) in [6.45, 7) is 2.65. The highest BCUT2D eigenvalue weighted by Gasteiger charge is 2.44. The molecule has 0 spiro atoms. The van der Waals surface area contributed by atoms with Crippen LogP contribution in [0.4, 0.5) is 4.79 Å². The highest BCUT2D eigenvalue weighted by Crippen LogP contribution is 2.40. The number of hydrogen-bond donors (Lipinski definition) is 1. The molecule has 2 atom stereocenters. The minimum atomic E-state index is 0.0943. The first-order chi connectivity index (χ1) is 8.79. The topological polar surface area (TPSA) is 63.1 Å². The van der Waals surface area contributed by atoms with Crippen LogP contribution in [0.3, 0.4) is 0 Å². The van der Waals surface area contributed by atoms with Crippen molar-refractivity contribution in [3.8, 4) is 0 Å². The third-order valence-electron chi connectivity index (χ3n) is 4.03. The zero-order valence-corrected chi connectivity index (χ0v) is 10.6. The van der Waals surface area contributed by atoms with Crippen LogP contribution in [0.5, 0.6) is 0 Å². The molecule has 0 aromatic carbocycles. The van der Waals surface area contributed by atoms with Gasteiger partial charge in [-0.3, -0.25) is 0 Å². The minimum Gasteiger partial charge on any atom is -0.338 e. The molecule has 0 aliphatic carbocycles. The summed E-state index contributed by atoms with van der Waals surface area (Å²) in [6, 6.07) is 1.15. The van der Waals surface area contributed by atoms with E-state index in [0.717, 1.165) is 25.7 Å². The van der Waals surface area contributed by atoms with E-state index in [-0.39, 0.29) is 6.03 Å². The minimum absolute atomic E-state index is 0.0943. The number of carbonyl (C=O) groups excluding carboxylic acids is 1. The van der Waals surface area contributed by atoms with Crippen LogP contribution >= 0.6 is 0 Å². The molecule has 18 heavy (non-hydrogen) atoms. The Kier molecular flexibility index (Phi) is 2.93. The lowest BCUT2D eigenvalue weighted by Crippen LogP contribution is -2.51. The number of piperidine rings is 1. The lowest BCUT2D eigenvalue weighted by atomic mass is 9.98. The van der Waals surface area contributed by atoms with Crippen molar-refractivity contribution in [2.45, 2.75) is 50.7 Å². The van der Waals surface area contributed by atoms with Gasteiger partial charge in [0.05, 0.1) is 18.4 Å². The van der Waals surface area contributed by atoms with Crippen molar-refractivity contribution >= 4 is 6.03 Å². The summed E-state index contributed by atoms with van der Waals surface area (Å²) in [6.07, 6.45) is 7.61. The van der Waals surface area contributed by atoms with E-state index in [1.807, 2.05) is 11.8 Å². The molecule has 1 aromatic heterocycles. The number of hydrogen-bond acceptors (Lipinski definition) is 3. The summed E-state index contributed by atoms with van der Waals surface area (Å²) in [5.41, 5.74) is 0. The molecule has 98 valence electrons. The van der Waals surface area contributed by atoms with Gasteiger partial charge in [-0.15, -0.1) is 0 Å². The molecule has 2 fully saturated rings. The normalized spacial score (nSPS) is 30.5. The second-order valence-electron chi connectivity index (χ2n) is 5.10. The van der Waals surface area contributed by atoms with Crippen molar-refractivity contribution in [3.05, 3.63) is 12.4 Å². The summed E-state index contributed by atoms with van der Waals surface area (Å²) in [5.74, 6) is 0. The number of nitrogens with zero attached hydrogens (tertiary/aromatic N) is 4. The van der Waals surface area contributed by atoms with Crippen LogP contribution in [-0.4, -0.2) is 44.6 Å². The fraction of sp³-hybridized carbons (Fsp3) is 0.750. The average Bonchev–Trinajstić information content (AvgIpc) is 2.97. The predicted octanol–water partition coefficient (Wildman–Crippen LogP) is 1.18. The average molecular weight is 249 g/mol. The molecular weight excluding hydrogens is 230 g/mol. The van der Waals surface area contributed by atoms with Gasteiger partial charge in [-0.2, -0.15) is 15.0 Å². The Hall–Kier alpha value is -1.59. The van der Waals surface area contributed by atoms with Gasteiger partial charge in [0.15, 0.2) is 0 Å². The standard InChI is InChI=1S/C12H19N5O/c1-2-13-12(18)16-9-3-4-10(16)8-11(7-9)17-14-5-6-15-17/h5-6,9-11H,2-4,7-8H2,1H3,(H,13,18). The summed E-state index contributed by atoms with van der Waals surface area (Å²) < 4.78 is 0. The van der Waals surface area contributed by atoms with Crippen LogP contribution in [0.25, 0.3) is 0 Å². The lowest BCUT2D eigenvalue weighted by Gasteiger charge is -2.38. The highest BCUT2D eigenvalue weighted by molar-refractivity contribution is 5.75. The molecule has 1 aromatic rings. The molecule has 6 heteroatoms. The molecule has 2 saturated heterocycles. The third-order valence-corrected chi connectivity index (χ3v) is 4.03. The summed E-state index contributed by atoms with van der Waals surface area (Å²) in [4.78, 5) is 15.9. The molecule has 2 aliphatic rings. The van der Waals surface area contributed by atoms with E-state index in [4.69, 9.17) is 0 Å². The fourth-order valence-electron chi connectivity index (χ4n) is 3.33. The SMILES string of the molecule is CCNC(=O)N1C2CCC1CC(n1nccn1)C2. The van der Waals surface area contributed by atoms with E-state index in [1.165, 1.54) is 0 Å². The lowest BCUT2D eigenvalue weighted by molar-refractivity contribution is 0.116. The Balaban J connectivity index is 1.72. The summed E-state index contributed by atoms with van der Waals surface area (Å²) in [5, 5.41) is 11.4. The van der Waals surface area contributed by atoms with Crippen molar-refractivity contribution in [1.29, 1.82) is 0 Å². The van der Waals surface area contributed by atoms with E-state index in [0.29, 0.717) is 24.7 Å². The largest absolute Gasteiger partial charge is 0.338 e. The van der Waals surface area contributed by atoms with Gasteiger partial charge in [-0.25, -0.2) is 4.79 Å². The van der Waals surface area contributed by atoms with Gasteiger partial charge in [0, 0.05) is 18.6 Å². The van der Waals surface area contributed by atoms with Gasteiger partial charge in [0.1, 0.15) is 0 Å². The van der Waals surface area contributed by atoms with Crippen LogP contribution in [0.1, 0.15) is 38.6 Å².